The van der Waals surface area contributed by atoms with Crippen LogP contribution < -0.4 is 0 Å². The summed E-state index contributed by atoms with van der Waals surface area (Å²) in [7, 11) is 0. The molecule has 0 N–H and O–H groups in total. The Kier molecular flexibility index (Phi) is 10.1. The fourth-order valence-corrected chi connectivity index (χ4v) is 1.97. The maximum absolute atomic E-state index is 5.81. The monoisotopic (exact) mass is 276 g/mol. The van der Waals surface area contributed by atoms with Crippen LogP contribution in [-0.4, -0.2) is 13.2 Å². The van der Waals surface area contributed by atoms with Crippen molar-refractivity contribution in [2.24, 2.45) is 5.92 Å². The molecule has 0 bridgehead atoms. The fraction of sp³-hybridized carbons (Fsp3) is 0.579. The van der Waals surface area contributed by atoms with Crippen LogP contribution in [0.4, 0.5) is 0 Å². The highest BCUT2D eigenvalue weighted by molar-refractivity contribution is 5.28. The maximum atomic E-state index is 5.81. The lowest BCUT2D eigenvalue weighted by Gasteiger charge is -2.11. The zero-order valence-electron chi connectivity index (χ0n) is 14.3. The van der Waals surface area contributed by atoms with E-state index in [1.54, 1.807) is 0 Å². The van der Waals surface area contributed by atoms with Crippen LogP contribution in [0, 0.1) is 5.92 Å². The summed E-state index contributed by atoms with van der Waals surface area (Å²) in [4.78, 5) is 0. The van der Waals surface area contributed by atoms with Crippen LogP contribution in [-0.2, 0) is 4.74 Å². The third-order valence-corrected chi connectivity index (χ3v) is 3.55. The highest BCUT2D eigenvalue weighted by Gasteiger charge is 2.02. The summed E-state index contributed by atoms with van der Waals surface area (Å²) in [5.41, 5.74) is 5.07. The first-order valence-electron chi connectivity index (χ1n) is 7.66. The van der Waals surface area contributed by atoms with Gasteiger partial charge in [-0.2, -0.15) is 0 Å². The summed E-state index contributed by atoms with van der Waals surface area (Å²) >= 11 is 0. The molecule has 0 heterocycles. The van der Waals surface area contributed by atoms with Gasteiger partial charge in [-0.25, -0.2) is 0 Å². The minimum absolute atomic E-state index is 0.535. The van der Waals surface area contributed by atoms with Gasteiger partial charge in [0.15, 0.2) is 0 Å². The lowest BCUT2D eigenvalue weighted by atomic mass is 10.0. The first kappa shape index (κ1) is 18.9. The summed E-state index contributed by atoms with van der Waals surface area (Å²) < 4.78 is 5.81. The lowest BCUT2D eigenvalue weighted by molar-refractivity contribution is 0.147. The predicted octanol–water partition coefficient (Wildman–Crippen LogP) is 5.85. The van der Waals surface area contributed by atoms with Gasteiger partial charge in [-0.3, -0.25) is 0 Å². The van der Waals surface area contributed by atoms with Gasteiger partial charge in [-0.1, -0.05) is 49.8 Å². The number of hydrogen-bond donors (Lipinski definition) is 0. The average molecular weight is 276 g/mol. The quantitative estimate of drug-likeness (QED) is 0.379. The molecule has 1 nitrogen and oxygen atoms in total. The van der Waals surface area contributed by atoms with Crippen molar-refractivity contribution in [2.75, 3.05) is 13.2 Å². The second-order valence-corrected chi connectivity index (χ2v) is 5.56. The average Bonchev–Trinajstić information content (AvgIpc) is 2.38. The van der Waals surface area contributed by atoms with E-state index in [1.807, 2.05) is 0 Å². The Morgan fingerprint density at radius 3 is 2.35 bits per heavy atom. The Labute approximate surface area is 126 Å². The molecular formula is C19H32O. The molecule has 0 aliphatic rings. The van der Waals surface area contributed by atoms with Gasteiger partial charge in [0.2, 0.25) is 0 Å². The molecule has 0 saturated heterocycles. The van der Waals surface area contributed by atoms with E-state index in [0.717, 1.165) is 25.0 Å². The molecule has 0 radical (unpaired) electrons. The van der Waals surface area contributed by atoms with Crippen molar-refractivity contribution in [3.05, 3.63) is 47.1 Å². The SMILES string of the molecule is C=C(C)/C(C)=C/C(C)CCOCC(=C/C)/C(C)=C\CC. The van der Waals surface area contributed by atoms with Crippen LogP contribution in [0.3, 0.4) is 0 Å². The van der Waals surface area contributed by atoms with Gasteiger partial charge < -0.3 is 4.74 Å². The van der Waals surface area contributed by atoms with Gasteiger partial charge in [0, 0.05) is 6.61 Å². The Hall–Kier alpha value is -1.08. The van der Waals surface area contributed by atoms with Gasteiger partial charge in [0.05, 0.1) is 6.61 Å². The van der Waals surface area contributed by atoms with Crippen LogP contribution in [0.1, 0.15) is 54.4 Å². The molecule has 1 unspecified atom stereocenters. The van der Waals surface area contributed by atoms with Gasteiger partial charge in [-0.05, 0) is 57.6 Å². The number of hydrogen-bond acceptors (Lipinski definition) is 1. The van der Waals surface area contributed by atoms with E-state index >= 15 is 0 Å². The van der Waals surface area contributed by atoms with E-state index < -0.39 is 0 Å². The highest BCUT2D eigenvalue weighted by Crippen LogP contribution is 2.14. The molecule has 0 aromatic heterocycles. The third kappa shape index (κ3) is 8.16. The van der Waals surface area contributed by atoms with E-state index in [1.165, 1.54) is 16.7 Å². The smallest absolute Gasteiger partial charge is 0.0716 e. The molecule has 0 aromatic rings. The summed E-state index contributed by atoms with van der Waals surface area (Å²) in [5.74, 6) is 0.535. The van der Waals surface area contributed by atoms with Gasteiger partial charge in [-0.15, -0.1) is 0 Å². The van der Waals surface area contributed by atoms with Crippen LogP contribution in [0.5, 0.6) is 0 Å². The first-order chi connectivity index (χ1) is 9.42. The second kappa shape index (κ2) is 10.7. The number of ether oxygens (including phenoxy) is 1. The van der Waals surface area contributed by atoms with Crippen molar-refractivity contribution in [1.29, 1.82) is 0 Å². The third-order valence-electron chi connectivity index (χ3n) is 3.55. The summed E-state index contributed by atoms with van der Waals surface area (Å²) in [6.07, 6.45) is 8.81. The molecule has 0 amide bonds. The van der Waals surface area contributed by atoms with Gasteiger partial charge in [0.1, 0.15) is 0 Å². The van der Waals surface area contributed by atoms with Crippen LogP contribution in [0.15, 0.2) is 47.1 Å². The van der Waals surface area contributed by atoms with Crippen molar-refractivity contribution in [3.8, 4) is 0 Å². The minimum Gasteiger partial charge on any atom is -0.377 e. The topological polar surface area (TPSA) is 9.23 Å². The molecule has 20 heavy (non-hydrogen) atoms. The van der Waals surface area contributed by atoms with Crippen molar-refractivity contribution in [3.63, 3.8) is 0 Å². The molecular weight excluding hydrogens is 244 g/mol. The van der Waals surface area contributed by atoms with E-state index in [4.69, 9.17) is 4.74 Å². The molecule has 0 aliphatic heterocycles. The van der Waals surface area contributed by atoms with Crippen molar-refractivity contribution >= 4 is 0 Å². The number of allylic oxidation sites excluding steroid dienone is 5. The van der Waals surface area contributed by atoms with Crippen LogP contribution in [0.2, 0.25) is 0 Å². The zero-order chi connectivity index (χ0) is 15.5. The van der Waals surface area contributed by atoms with Crippen LogP contribution >= 0.6 is 0 Å². The molecule has 0 aliphatic carbocycles. The molecule has 0 rings (SSSR count). The molecule has 114 valence electrons. The largest absolute Gasteiger partial charge is 0.377 e. The summed E-state index contributed by atoms with van der Waals surface area (Å²) in [6.45, 7) is 18.3. The molecule has 0 fully saturated rings. The Morgan fingerprint density at radius 1 is 1.20 bits per heavy atom. The predicted molar refractivity (Wildman–Crippen MR) is 91.0 cm³/mol. The normalized spacial score (nSPS) is 15.4. The zero-order valence-corrected chi connectivity index (χ0v) is 14.3. The first-order valence-corrected chi connectivity index (χ1v) is 7.66. The Bertz CT molecular complexity index is 383. The standard InChI is InChI=1S/C19H32O/c1-8-10-17(6)19(9-2)14-20-12-11-16(5)13-18(7)15(3)4/h9-10,13,16H,3,8,11-12,14H2,1-2,4-7H3/b17-10-,18-13+,19-9-. The number of rotatable bonds is 9. The molecule has 1 heteroatoms. The fourth-order valence-electron chi connectivity index (χ4n) is 1.97. The maximum Gasteiger partial charge on any atom is 0.0716 e. The molecule has 0 aromatic carbocycles. The second-order valence-electron chi connectivity index (χ2n) is 5.56. The lowest BCUT2D eigenvalue weighted by Crippen LogP contribution is -2.04. The van der Waals surface area contributed by atoms with E-state index in [-0.39, 0.29) is 0 Å². The van der Waals surface area contributed by atoms with Crippen LogP contribution in [0.25, 0.3) is 0 Å². The van der Waals surface area contributed by atoms with Crippen molar-refractivity contribution < 1.29 is 4.74 Å². The molecule has 0 spiro atoms. The van der Waals surface area contributed by atoms with E-state index in [2.05, 4.69) is 66.3 Å². The Morgan fingerprint density at radius 2 is 1.85 bits per heavy atom. The van der Waals surface area contributed by atoms with Crippen molar-refractivity contribution in [2.45, 2.75) is 54.4 Å². The highest BCUT2D eigenvalue weighted by atomic mass is 16.5. The van der Waals surface area contributed by atoms with E-state index in [9.17, 15) is 0 Å². The molecule has 0 saturated carbocycles. The Balaban J connectivity index is 4.11. The summed E-state index contributed by atoms with van der Waals surface area (Å²) in [5, 5.41) is 0. The van der Waals surface area contributed by atoms with Gasteiger partial charge in [0.25, 0.3) is 0 Å². The van der Waals surface area contributed by atoms with E-state index in [0.29, 0.717) is 12.5 Å². The summed E-state index contributed by atoms with van der Waals surface area (Å²) in [6, 6.07) is 0. The van der Waals surface area contributed by atoms with Crippen molar-refractivity contribution in [1.82, 2.24) is 0 Å². The van der Waals surface area contributed by atoms with Gasteiger partial charge >= 0.3 is 0 Å². The molecule has 1 atom stereocenters. The minimum atomic E-state index is 0.535.